The van der Waals surface area contributed by atoms with Gasteiger partial charge < -0.3 is 24.4 Å². The van der Waals surface area contributed by atoms with Crippen LogP contribution in [0.25, 0.3) is 5.95 Å². The van der Waals surface area contributed by atoms with E-state index in [1.165, 1.54) is 0 Å². The third kappa shape index (κ3) is 5.80. The molecule has 11 heteroatoms. The highest BCUT2D eigenvalue weighted by Gasteiger charge is 2.34. The standard InChI is InChI=1S/C30H33N7O4/c1-20-14-28(34-30(32-20)37-11-10-31-18-37)36-13-12-35(16-22-4-9-26-27(15-22)41-19-40-26)25(17-36)29(38)33-21(2)23-5-7-24(39-3)8-6-23/h4-11,14-15,18,21,25H,12-13,16-17,19H2,1-3H3,(H,33,38). The number of hydrogen-bond acceptors (Lipinski definition) is 9. The number of anilines is 1. The smallest absolute Gasteiger partial charge is 0.239 e. The molecule has 41 heavy (non-hydrogen) atoms. The molecule has 1 amide bonds. The van der Waals surface area contributed by atoms with E-state index in [0.717, 1.165) is 39.9 Å². The predicted molar refractivity (Wildman–Crippen MR) is 152 cm³/mol. The zero-order valence-corrected chi connectivity index (χ0v) is 23.4. The molecule has 0 radical (unpaired) electrons. The molecule has 4 aromatic rings. The van der Waals surface area contributed by atoms with Gasteiger partial charge in [-0.25, -0.2) is 9.97 Å². The largest absolute Gasteiger partial charge is 0.497 e. The van der Waals surface area contributed by atoms with Crippen LogP contribution in [0.1, 0.15) is 29.8 Å². The summed E-state index contributed by atoms with van der Waals surface area (Å²) >= 11 is 0. The minimum absolute atomic E-state index is 0.0422. The van der Waals surface area contributed by atoms with Crippen LogP contribution in [0.4, 0.5) is 5.82 Å². The Morgan fingerprint density at radius 2 is 1.93 bits per heavy atom. The maximum absolute atomic E-state index is 13.9. The summed E-state index contributed by atoms with van der Waals surface area (Å²) in [5.74, 6) is 3.55. The van der Waals surface area contributed by atoms with E-state index >= 15 is 0 Å². The lowest BCUT2D eigenvalue weighted by atomic mass is 10.1. The van der Waals surface area contributed by atoms with Crippen molar-refractivity contribution in [3.05, 3.63) is 84.1 Å². The Bertz CT molecular complexity index is 1510. The number of rotatable bonds is 8. The zero-order chi connectivity index (χ0) is 28.3. The molecule has 2 aromatic heterocycles. The highest BCUT2D eigenvalue weighted by molar-refractivity contribution is 5.83. The Hall–Kier alpha value is -4.64. The van der Waals surface area contributed by atoms with E-state index in [0.29, 0.717) is 32.1 Å². The van der Waals surface area contributed by atoms with Gasteiger partial charge in [-0.3, -0.25) is 14.3 Å². The molecule has 4 heterocycles. The van der Waals surface area contributed by atoms with Crippen molar-refractivity contribution in [1.82, 2.24) is 29.7 Å². The molecule has 0 aliphatic carbocycles. The van der Waals surface area contributed by atoms with Gasteiger partial charge in [-0.2, -0.15) is 4.98 Å². The van der Waals surface area contributed by atoms with Crippen LogP contribution in [0.15, 0.2) is 67.3 Å². The lowest BCUT2D eigenvalue weighted by molar-refractivity contribution is -0.127. The second kappa shape index (κ2) is 11.5. The van der Waals surface area contributed by atoms with Crippen molar-refractivity contribution in [3.8, 4) is 23.2 Å². The normalized spacial score (nSPS) is 17.3. The van der Waals surface area contributed by atoms with Crippen LogP contribution in [-0.2, 0) is 11.3 Å². The summed E-state index contributed by atoms with van der Waals surface area (Å²) in [4.78, 5) is 31.8. The quantitative estimate of drug-likeness (QED) is 0.351. The summed E-state index contributed by atoms with van der Waals surface area (Å²) < 4.78 is 18.1. The lowest BCUT2D eigenvalue weighted by Gasteiger charge is -2.41. The number of amides is 1. The number of carbonyl (C=O) groups is 1. The van der Waals surface area contributed by atoms with Gasteiger partial charge in [0, 0.05) is 50.3 Å². The van der Waals surface area contributed by atoms with Crippen molar-refractivity contribution in [1.29, 1.82) is 0 Å². The average Bonchev–Trinajstić information content (AvgIpc) is 3.70. The number of nitrogens with zero attached hydrogens (tertiary/aromatic N) is 6. The van der Waals surface area contributed by atoms with Crippen molar-refractivity contribution >= 4 is 11.7 Å². The molecule has 2 aromatic carbocycles. The third-order valence-electron chi connectivity index (χ3n) is 7.48. The van der Waals surface area contributed by atoms with E-state index in [9.17, 15) is 4.79 Å². The van der Waals surface area contributed by atoms with Gasteiger partial charge in [0.25, 0.3) is 0 Å². The number of ether oxygens (including phenoxy) is 3. The summed E-state index contributed by atoms with van der Waals surface area (Å²) in [5, 5.41) is 3.24. The number of aryl methyl sites for hydroxylation is 1. The van der Waals surface area contributed by atoms with Crippen molar-refractivity contribution in [2.45, 2.75) is 32.5 Å². The van der Waals surface area contributed by atoms with E-state index in [1.807, 2.05) is 68.6 Å². The molecule has 11 nitrogen and oxygen atoms in total. The number of methoxy groups -OCH3 is 1. The number of nitrogens with one attached hydrogen (secondary N) is 1. The van der Waals surface area contributed by atoms with E-state index < -0.39 is 6.04 Å². The first kappa shape index (κ1) is 26.6. The van der Waals surface area contributed by atoms with Crippen LogP contribution < -0.4 is 24.4 Å². The molecule has 6 rings (SSSR count). The number of imidazole rings is 1. The van der Waals surface area contributed by atoms with Gasteiger partial charge in [0.05, 0.1) is 13.2 Å². The molecule has 2 aliphatic rings. The summed E-state index contributed by atoms with van der Waals surface area (Å²) in [6, 6.07) is 15.1. The maximum Gasteiger partial charge on any atom is 0.239 e. The Kier molecular flexibility index (Phi) is 7.43. The topological polar surface area (TPSA) is 107 Å². The van der Waals surface area contributed by atoms with Crippen LogP contribution in [-0.4, -0.2) is 69.9 Å². The fourth-order valence-electron chi connectivity index (χ4n) is 5.22. The SMILES string of the molecule is COc1ccc(C(C)NC(=O)C2CN(c3cc(C)nc(-n4ccnc4)n3)CCN2Cc2ccc3c(c2)OCO3)cc1. The van der Waals surface area contributed by atoms with E-state index in [2.05, 4.69) is 25.1 Å². The molecule has 2 unspecified atom stereocenters. The second-order valence-corrected chi connectivity index (χ2v) is 10.3. The first-order valence-electron chi connectivity index (χ1n) is 13.6. The number of hydrogen-bond donors (Lipinski definition) is 1. The Morgan fingerprint density at radius 3 is 2.71 bits per heavy atom. The van der Waals surface area contributed by atoms with Crippen molar-refractivity contribution in [2.75, 3.05) is 38.4 Å². The first-order valence-corrected chi connectivity index (χ1v) is 13.6. The Morgan fingerprint density at radius 1 is 1.10 bits per heavy atom. The highest BCUT2D eigenvalue weighted by Crippen LogP contribution is 2.33. The Labute approximate surface area is 238 Å². The second-order valence-electron chi connectivity index (χ2n) is 10.3. The van der Waals surface area contributed by atoms with Crippen LogP contribution >= 0.6 is 0 Å². The maximum atomic E-state index is 13.9. The van der Waals surface area contributed by atoms with Crippen LogP contribution in [0.5, 0.6) is 17.2 Å². The lowest BCUT2D eigenvalue weighted by Crippen LogP contribution is -2.59. The molecule has 1 saturated heterocycles. The van der Waals surface area contributed by atoms with E-state index in [4.69, 9.17) is 19.2 Å². The molecule has 212 valence electrons. The molecule has 2 atom stereocenters. The van der Waals surface area contributed by atoms with Crippen molar-refractivity contribution in [3.63, 3.8) is 0 Å². The number of benzene rings is 2. The average molecular weight is 556 g/mol. The number of piperazine rings is 1. The summed E-state index contributed by atoms with van der Waals surface area (Å²) in [6.45, 7) is 6.63. The fourth-order valence-corrected chi connectivity index (χ4v) is 5.22. The van der Waals surface area contributed by atoms with Crippen LogP contribution in [0.2, 0.25) is 0 Å². The summed E-state index contributed by atoms with van der Waals surface area (Å²) in [6.07, 6.45) is 5.20. The molecule has 2 aliphatic heterocycles. The van der Waals surface area contributed by atoms with Gasteiger partial charge >= 0.3 is 0 Å². The molecular weight excluding hydrogens is 522 g/mol. The molecular formula is C30H33N7O4. The van der Waals surface area contributed by atoms with Gasteiger partial charge in [0.15, 0.2) is 11.5 Å². The van der Waals surface area contributed by atoms with Crippen LogP contribution in [0, 0.1) is 6.92 Å². The van der Waals surface area contributed by atoms with Crippen molar-refractivity contribution < 1.29 is 19.0 Å². The van der Waals surface area contributed by atoms with Crippen molar-refractivity contribution in [2.24, 2.45) is 0 Å². The molecule has 0 saturated carbocycles. The minimum Gasteiger partial charge on any atom is -0.497 e. The fraction of sp³-hybridized carbons (Fsp3) is 0.333. The van der Waals surface area contributed by atoms with Gasteiger partial charge in [-0.1, -0.05) is 18.2 Å². The first-order chi connectivity index (χ1) is 20.0. The molecule has 0 bridgehead atoms. The van der Waals surface area contributed by atoms with Gasteiger partial charge in [-0.05, 0) is 49.2 Å². The molecule has 1 N–H and O–H groups in total. The highest BCUT2D eigenvalue weighted by atomic mass is 16.7. The zero-order valence-electron chi connectivity index (χ0n) is 23.4. The molecule has 0 spiro atoms. The number of carbonyl (C=O) groups excluding carboxylic acids is 1. The number of aromatic nitrogens is 4. The third-order valence-corrected chi connectivity index (χ3v) is 7.48. The predicted octanol–water partition coefficient (Wildman–Crippen LogP) is 3.28. The van der Waals surface area contributed by atoms with Gasteiger partial charge in [0.2, 0.25) is 18.6 Å². The van der Waals surface area contributed by atoms with Gasteiger partial charge in [0.1, 0.15) is 23.9 Å². The number of fused-ring (bicyclic) bond motifs is 1. The van der Waals surface area contributed by atoms with E-state index in [-0.39, 0.29) is 18.7 Å². The Balaban J connectivity index is 1.25. The van der Waals surface area contributed by atoms with E-state index in [1.54, 1.807) is 24.2 Å². The summed E-state index contributed by atoms with van der Waals surface area (Å²) in [7, 11) is 1.64. The minimum atomic E-state index is -0.415. The molecule has 1 fully saturated rings. The van der Waals surface area contributed by atoms with Crippen LogP contribution in [0.3, 0.4) is 0 Å². The summed E-state index contributed by atoms with van der Waals surface area (Å²) in [5.41, 5.74) is 2.91. The van der Waals surface area contributed by atoms with Gasteiger partial charge in [-0.15, -0.1) is 0 Å². The monoisotopic (exact) mass is 555 g/mol.